The number of hydrogen-bond acceptors (Lipinski definition) is 7. The second-order valence-corrected chi connectivity index (χ2v) is 15.9. The van der Waals surface area contributed by atoms with Gasteiger partial charge in [-0.15, -0.1) is 0 Å². The van der Waals surface area contributed by atoms with Crippen LogP contribution in [0.15, 0.2) is 205 Å². The van der Waals surface area contributed by atoms with Crippen LogP contribution >= 0.6 is 0 Å². The Kier molecular flexibility index (Phi) is 7.68. The summed E-state index contributed by atoms with van der Waals surface area (Å²) in [4.78, 5) is 25.9. The molecule has 8 aromatic carbocycles. The van der Waals surface area contributed by atoms with E-state index in [4.69, 9.17) is 34.1 Å². The number of furan rings is 1. The number of hydrogen-bond donors (Lipinski definition) is 0. The molecule has 0 fully saturated rings. The van der Waals surface area contributed by atoms with Crippen molar-refractivity contribution in [1.82, 2.24) is 24.9 Å². The first-order valence-electron chi connectivity index (χ1n) is 21.0. The van der Waals surface area contributed by atoms with E-state index in [1.165, 1.54) is 0 Å². The first kappa shape index (κ1) is 35.2. The summed E-state index contributed by atoms with van der Waals surface area (Å²) in [5.74, 6) is 4.01. The largest absolute Gasteiger partial charge is 0.457 e. The Morgan fingerprint density at radius 2 is 0.889 bits per heavy atom. The second kappa shape index (κ2) is 13.7. The van der Waals surface area contributed by atoms with Crippen molar-refractivity contribution in [1.29, 1.82) is 0 Å². The summed E-state index contributed by atoms with van der Waals surface area (Å²) in [7, 11) is 0. The molecular formula is C56H33N5O2. The monoisotopic (exact) mass is 807 g/mol. The van der Waals surface area contributed by atoms with E-state index in [2.05, 4.69) is 78.9 Å². The molecule has 0 saturated carbocycles. The van der Waals surface area contributed by atoms with Gasteiger partial charge in [0.15, 0.2) is 23.3 Å². The van der Waals surface area contributed by atoms with Crippen LogP contribution in [-0.2, 0) is 5.41 Å². The van der Waals surface area contributed by atoms with Gasteiger partial charge < -0.3 is 9.15 Å². The van der Waals surface area contributed by atoms with Crippen molar-refractivity contribution in [3.63, 3.8) is 0 Å². The number of para-hydroxylation sites is 3. The van der Waals surface area contributed by atoms with E-state index in [0.29, 0.717) is 29.0 Å². The Morgan fingerprint density at radius 1 is 0.365 bits per heavy atom. The van der Waals surface area contributed by atoms with Gasteiger partial charge in [-0.05, 0) is 46.5 Å². The van der Waals surface area contributed by atoms with E-state index in [1.807, 2.05) is 121 Å². The molecule has 13 rings (SSSR count). The van der Waals surface area contributed by atoms with Gasteiger partial charge in [0.25, 0.3) is 0 Å². The minimum Gasteiger partial charge on any atom is -0.457 e. The van der Waals surface area contributed by atoms with Crippen LogP contribution in [0.25, 0.3) is 90.0 Å². The number of ether oxygens (including phenoxy) is 1. The highest BCUT2D eigenvalue weighted by Gasteiger charge is 2.52. The molecule has 63 heavy (non-hydrogen) atoms. The van der Waals surface area contributed by atoms with Crippen LogP contribution in [0.5, 0.6) is 11.5 Å². The zero-order chi connectivity index (χ0) is 41.5. The van der Waals surface area contributed by atoms with Crippen molar-refractivity contribution < 1.29 is 9.15 Å². The fourth-order valence-corrected chi connectivity index (χ4v) is 9.77. The smallest absolute Gasteiger partial charge is 0.231 e. The average Bonchev–Trinajstić information content (AvgIpc) is 3.88. The highest BCUT2D eigenvalue weighted by atomic mass is 16.5. The van der Waals surface area contributed by atoms with Crippen LogP contribution < -0.4 is 4.74 Å². The first-order valence-corrected chi connectivity index (χ1v) is 21.0. The summed E-state index contributed by atoms with van der Waals surface area (Å²) in [6, 6.07) is 68.5. The first-order chi connectivity index (χ1) is 31.2. The fourth-order valence-electron chi connectivity index (χ4n) is 9.77. The summed E-state index contributed by atoms with van der Waals surface area (Å²) in [5, 5.41) is 1.82. The minimum atomic E-state index is -0.807. The Bertz CT molecular complexity index is 3500. The van der Waals surface area contributed by atoms with Gasteiger partial charge in [-0.3, -0.25) is 0 Å². The molecule has 2 aliphatic rings. The minimum absolute atomic E-state index is 0.538. The number of fused-ring (bicyclic) bond motifs is 12. The molecule has 4 heterocycles. The molecular weight excluding hydrogens is 775 g/mol. The molecule has 0 atom stereocenters. The molecule has 7 nitrogen and oxygen atoms in total. The standard InChI is InChI=1S/C56H33N5O2/c1-4-17-34(18-5-1)51-57-50(48-39-23-10-13-28-45(39)63-55(48)61-51)40-25-16-24-38-41-33-37(54-59-52(35-19-6-2-7-20-35)58-53(60-54)36-21-8-3-9-22-36)31-32-42(41)56(49(38)40)43-26-11-14-29-46(43)62-47-30-15-12-27-44(47)56/h1-33H. The number of rotatable bonds is 5. The maximum atomic E-state index is 6.77. The molecule has 1 aliphatic heterocycles. The third-order valence-corrected chi connectivity index (χ3v) is 12.4. The molecule has 0 radical (unpaired) electrons. The van der Waals surface area contributed by atoms with Gasteiger partial charge in [0, 0.05) is 44.3 Å². The fraction of sp³-hybridized carbons (Fsp3) is 0.0179. The van der Waals surface area contributed by atoms with Gasteiger partial charge in [0.1, 0.15) is 17.1 Å². The number of aromatic nitrogens is 5. The van der Waals surface area contributed by atoms with Crippen LogP contribution in [0.3, 0.4) is 0 Å². The van der Waals surface area contributed by atoms with E-state index in [1.54, 1.807) is 0 Å². The van der Waals surface area contributed by atoms with E-state index in [9.17, 15) is 0 Å². The molecule has 0 amide bonds. The van der Waals surface area contributed by atoms with E-state index >= 15 is 0 Å². The van der Waals surface area contributed by atoms with E-state index in [-0.39, 0.29) is 0 Å². The van der Waals surface area contributed by atoms with Crippen LogP contribution in [0.4, 0.5) is 0 Å². The van der Waals surface area contributed by atoms with Gasteiger partial charge in [0.2, 0.25) is 5.71 Å². The van der Waals surface area contributed by atoms with E-state index < -0.39 is 5.41 Å². The molecule has 1 aliphatic carbocycles. The number of benzene rings is 8. The third-order valence-electron chi connectivity index (χ3n) is 12.4. The zero-order valence-electron chi connectivity index (χ0n) is 33.6. The summed E-state index contributed by atoms with van der Waals surface area (Å²) < 4.78 is 13.3. The predicted octanol–water partition coefficient (Wildman–Crippen LogP) is 13.4. The van der Waals surface area contributed by atoms with Crippen LogP contribution in [0.2, 0.25) is 0 Å². The molecule has 0 bridgehead atoms. The van der Waals surface area contributed by atoms with Crippen LogP contribution in [0, 0.1) is 0 Å². The molecule has 7 heteroatoms. The van der Waals surface area contributed by atoms with Crippen molar-refractivity contribution in [3.05, 3.63) is 222 Å². The molecule has 11 aromatic rings. The van der Waals surface area contributed by atoms with Gasteiger partial charge in [0.05, 0.1) is 16.5 Å². The number of nitrogens with zero attached hydrogens (tertiary/aromatic N) is 5. The van der Waals surface area contributed by atoms with Gasteiger partial charge >= 0.3 is 0 Å². The lowest BCUT2D eigenvalue weighted by Crippen LogP contribution is -2.32. The highest BCUT2D eigenvalue weighted by Crippen LogP contribution is 2.64. The van der Waals surface area contributed by atoms with Crippen molar-refractivity contribution >= 4 is 22.1 Å². The molecule has 294 valence electrons. The summed E-state index contributed by atoms with van der Waals surface area (Å²) in [5.41, 5.74) is 12.4. The Labute approximate surface area is 362 Å². The SMILES string of the molecule is c1ccc(-c2nc(-c3ccccc3)nc(-c3ccc4c(c3)-c3cccc(-c5nc(-c6ccccc6)nc6oc7ccccc7c56)c3C43c4ccccc4Oc4ccccc43)n2)cc1. The molecule has 0 unspecified atom stereocenters. The Hall–Kier alpha value is -8.55. The maximum Gasteiger partial charge on any atom is 0.231 e. The topological polar surface area (TPSA) is 86.8 Å². The average molecular weight is 808 g/mol. The van der Waals surface area contributed by atoms with Gasteiger partial charge in [-0.2, -0.15) is 4.98 Å². The van der Waals surface area contributed by atoms with Crippen molar-refractivity contribution in [2.45, 2.75) is 5.41 Å². The Morgan fingerprint density at radius 3 is 1.52 bits per heavy atom. The zero-order valence-corrected chi connectivity index (χ0v) is 33.6. The molecule has 1 spiro atoms. The van der Waals surface area contributed by atoms with Crippen LogP contribution in [-0.4, -0.2) is 24.9 Å². The van der Waals surface area contributed by atoms with Gasteiger partial charge in [-0.25, -0.2) is 19.9 Å². The quantitative estimate of drug-likeness (QED) is 0.171. The van der Waals surface area contributed by atoms with Crippen molar-refractivity contribution in [2.24, 2.45) is 0 Å². The van der Waals surface area contributed by atoms with Crippen molar-refractivity contribution in [2.75, 3.05) is 0 Å². The lowest BCUT2D eigenvalue weighted by Gasteiger charge is -2.40. The summed E-state index contributed by atoms with van der Waals surface area (Å²) in [6.07, 6.45) is 0. The normalized spacial score (nSPS) is 13.0. The second-order valence-electron chi connectivity index (χ2n) is 15.9. The highest BCUT2D eigenvalue weighted by molar-refractivity contribution is 6.12. The Balaban J connectivity index is 1.13. The predicted molar refractivity (Wildman–Crippen MR) is 247 cm³/mol. The lowest BCUT2D eigenvalue weighted by molar-refractivity contribution is 0.436. The maximum absolute atomic E-state index is 6.77. The van der Waals surface area contributed by atoms with Gasteiger partial charge in [-0.1, -0.05) is 176 Å². The third kappa shape index (κ3) is 5.30. The molecule has 3 aromatic heterocycles. The summed E-state index contributed by atoms with van der Waals surface area (Å²) >= 11 is 0. The summed E-state index contributed by atoms with van der Waals surface area (Å²) in [6.45, 7) is 0. The molecule has 0 N–H and O–H groups in total. The van der Waals surface area contributed by atoms with E-state index in [0.717, 1.165) is 94.7 Å². The van der Waals surface area contributed by atoms with Crippen LogP contribution in [0.1, 0.15) is 22.3 Å². The van der Waals surface area contributed by atoms with Crippen molar-refractivity contribution in [3.8, 4) is 79.4 Å². The molecule has 0 saturated heterocycles. The lowest BCUT2D eigenvalue weighted by atomic mass is 9.64.